The van der Waals surface area contributed by atoms with Crippen molar-refractivity contribution in [3.8, 4) is 0 Å². The van der Waals surface area contributed by atoms with E-state index in [-0.39, 0.29) is 60.5 Å². The van der Waals surface area contributed by atoms with Gasteiger partial charge in [0.25, 0.3) is 0 Å². The molecule has 0 aromatic heterocycles. The van der Waals surface area contributed by atoms with E-state index in [1.165, 1.54) is 27.9 Å². The molecule has 2 heterocycles. The minimum absolute atomic E-state index is 0.00258. The third-order valence-corrected chi connectivity index (χ3v) is 9.81. The number of carbonyl (C=O) groups excluding carboxylic acids is 2. The van der Waals surface area contributed by atoms with Gasteiger partial charge in [0.05, 0.1) is 29.3 Å². The number of anilines is 1. The second-order valence-corrected chi connectivity index (χ2v) is 13.3. The van der Waals surface area contributed by atoms with Gasteiger partial charge >= 0.3 is 24.5 Å². The van der Waals surface area contributed by atoms with Crippen LogP contribution < -0.4 is 16.0 Å². The number of hydrogen-bond acceptors (Lipinski definition) is 8. The summed E-state index contributed by atoms with van der Waals surface area (Å²) in [7, 11) is 1.46. The van der Waals surface area contributed by atoms with E-state index >= 15 is 0 Å². The maximum atomic E-state index is 14.3. The molecule has 2 aliphatic heterocycles. The van der Waals surface area contributed by atoms with Crippen molar-refractivity contribution in [2.45, 2.75) is 96.0 Å². The lowest BCUT2D eigenvalue weighted by Crippen LogP contribution is -2.52. The van der Waals surface area contributed by atoms with Crippen LogP contribution >= 0.6 is 0 Å². The van der Waals surface area contributed by atoms with Crippen LogP contribution in [0, 0.1) is 11.8 Å². The van der Waals surface area contributed by atoms with Crippen LogP contribution in [0.4, 0.5) is 45.2 Å². The monoisotopic (exact) mass is 750 g/mol. The van der Waals surface area contributed by atoms with Crippen molar-refractivity contribution in [2.75, 3.05) is 18.6 Å². The van der Waals surface area contributed by atoms with Crippen LogP contribution in [0.2, 0.25) is 0 Å². The van der Waals surface area contributed by atoms with Crippen molar-refractivity contribution in [2.24, 2.45) is 16.9 Å². The van der Waals surface area contributed by atoms with E-state index in [4.69, 9.17) is 4.74 Å². The van der Waals surface area contributed by atoms with E-state index in [0.29, 0.717) is 44.2 Å². The zero-order valence-corrected chi connectivity index (χ0v) is 28.6. The number of guanidine groups is 1. The number of ether oxygens (including phenoxy) is 1. The van der Waals surface area contributed by atoms with Crippen LogP contribution in [0.1, 0.15) is 92.7 Å². The molecule has 9 nitrogen and oxygen atoms in total. The Bertz CT molecular complexity index is 1620. The maximum Gasteiger partial charge on any atom is 0.416 e. The summed E-state index contributed by atoms with van der Waals surface area (Å²) < 4.78 is 131. The van der Waals surface area contributed by atoms with E-state index in [1.54, 1.807) is 13.8 Å². The highest BCUT2D eigenvalue weighted by molar-refractivity contribution is 5.97. The smallest absolute Gasteiger partial charge is 0.416 e. The zero-order chi connectivity index (χ0) is 38.2. The number of rotatable bonds is 8. The molecule has 1 amide bonds. The summed E-state index contributed by atoms with van der Waals surface area (Å²) >= 11 is 0. The molecule has 5 rings (SSSR count). The van der Waals surface area contributed by atoms with Gasteiger partial charge in [0, 0.05) is 37.7 Å². The van der Waals surface area contributed by atoms with Crippen molar-refractivity contribution < 1.29 is 53.8 Å². The molecule has 0 saturated heterocycles. The maximum absolute atomic E-state index is 14.3. The summed E-state index contributed by atoms with van der Waals surface area (Å²) in [4.78, 5) is 29.1. The van der Waals surface area contributed by atoms with Crippen LogP contribution in [0.25, 0.3) is 0 Å². The number of esters is 1. The summed E-state index contributed by atoms with van der Waals surface area (Å²) in [6, 6.07) is 2.36. The Kier molecular flexibility index (Phi) is 11.3. The molecule has 1 saturated carbocycles. The molecular weight excluding hydrogens is 711 g/mol. The fourth-order valence-corrected chi connectivity index (χ4v) is 7.27. The summed E-state index contributed by atoms with van der Waals surface area (Å²) in [6.45, 7) is 3.12. The molecule has 0 spiro atoms. The number of fused-ring (bicyclic) bond motifs is 1. The first-order valence-corrected chi connectivity index (χ1v) is 16.9. The molecule has 0 radical (unpaired) electrons. The third-order valence-electron chi connectivity index (χ3n) is 9.81. The number of hydrazone groups is 1. The van der Waals surface area contributed by atoms with Crippen LogP contribution in [-0.4, -0.2) is 47.4 Å². The number of nitrogens with zero attached hydrogens (tertiary/aromatic N) is 4. The predicted octanol–water partition coefficient (Wildman–Crippen LogP) is 7.79. The Morgan fingerprint density at radius 2 is 1.50 bits per heavy atom. The SMILES string of the molecule is CCOC(=O)CC1CCC(C(=O)N2c3ccc(C(F)(F)F)cc3C(N(Cc3cc(C(F)(F)F)cc(C(F)(F)F)c3)C3=NNNN3C)C[C@H]2CC)CC1. The average Bonchev–Trinajstić information content (AvgIpc) is 3.50. The highest BCUT2D eigenvalue weighted by Gasteiger charge is 2.44. The fraction of sp³-hybridized carbons (Fsp3) is 0.559. The molecule has 1 fully saturated rings. The van der Waals surface area contributed by atoms with Crippen molar-refractivity contribution in [1.82, 2.24) is 21.0 Å². The summed E-state index contributed by atoms with van der Waals surface area (Å²) in [5.41, 5.74) is 0.711. The lowest BCUT2D eigenvalue weighted by atomic mass is 9.78. The van der Waals surface area contributed by atoms with E-state index in [9.17, 15) is 49.1 Å². The average molecular weight is 751 g/mol. The Morgan fingerprint density at radius 3 is 2.02 bits per heavy atom. The highest BCUT2D eigenvalue weighted by atomic mass is 19.4. The van der Waals surface area contributed by atoms with E-state index in [0.717, 1.165) is 12.1 Å². The normalized spacial score (nSPS) is 22.4. The minimum atomic E-state index is -5.13. The van der Waals surface area contributed by atoms with Crippen molar-refractivity contribution in [3.05, 3.63) is 64.2 Å². The van der Waals surface area contributed by atoms with Gasteiger partial charge in [-0.25, -0.2) is 5.53 Å². The number of hydrazine groups is 2. The standard InChI is InChI=1S/C34H39F9N6O3/c1-4-25-17-28(48(31-44-45-46-47(31)3)18-20-12-23(33(38,39)40)15-24(13-20)34(41,42)43)26-16-22(32(35,36)37)10-11-27(26)49(25)30(51)21-8-6-19(7-9-21)14-29(50)52-5-2/h10-13,15-16,19,21,25,28,45-46H,4-9,14,17-18H2,1-3H3/t19?,21?,25-,28?/m1/s1. The quantitative estimate of drug-likeness (QED) is 0.211. The van der Waals surface area contributed by atoms with E-state index < -0.39 is 65.3 Å². The van der Waals surface area contributed by atoms with Crippen LogP contribution in [0.5, 0.6) is 0 Å². The predicted molar refractivity (Wildman–Crippen MR) is 171 cm³/mol. The largest absolute Gasteiger partial charge is 0.466 e. The second kappa shape index (κ2) is 15.0. The molecule has 2 N–H and O–H groups in total. The van der Waals surface area contributed by atoms with Gasteiger partial charge in [-0.3, -0.25) is 14.6 Å². The third kappa shape index (κ3) is 8.52. The molecule has 1 aliphatic carbocycles. The van der Waals surface area contributed by atoms with Gasteiger partial charge in [-0.2, -0.15) is 39.5 Å². The highest BCUT2D eigenvalue weighted by Crippen LogP contribution is 2.47. The zero-order valence-electron chi connectivity index (χ0n) is 28.6. The number of alkyl halides is 9. The molecule has 3 aliphatic rings. The van der Waals surface area contributed by atoms with Gasteiger partial charge in [0.1, 0.15) is 0 Å². The van der Waals surface area contributed by atoms with E-state index in [2.05, 4.69) is 16.2 Å². The number of hydrogen-bond donors (Lipinski definition) is 2. The van der Waals surface area contributed by atoms with Gasteiger partial charge in [-0.05, 0) is 98.9 Å². The molecule has 18 heteroatoms. The summed E-state index contributed by atoms with van der Waals surface area (Å²) in [6.07, 6.45) is -12.5. The Balaban J connectivity index is 1.57. The first-order valence-electron chi connectivity index (χ1n) is 16.9. The van der Waals surface area contributed by atoms with Gasteiger partial charge in [0.2, 0.25) is 11.9 Å². The summed E-state index contributed by atoms with van der Waals surface area (Å²) in [5, 5.41) is 5.41. The Morgan fingerprint density at radius 1 is 0.885 bits per heavy atom. The fourth-order valence-electron chi connectivity index (χ4n) is 7.27. The topological polar surface area (TPSA) is 89.5 Å². The van der Waals surface area contributed by atoms with E-state index in [1.807, 2.05) is 0 Å². The number of nitrogens with one attached hydrogen (secondary N) is 2. The molecule has 0 bridgehead atoms. The number of halogens is 9. The van der Waals surface area contributed by atoms with Crippen molar-refractivity contribution in [3.63, 3.8) is 0 Å². The van der Waals surface area contributed by atoms with Crippen LogP contribution in [0.15, 0.2) is 41.5 Å². The molecule has 1 unspecified atom stereocenters. The first kappa shape index (κ1) is 39.0. The van der Waals surface area contributed by atoms with Crippen LogP contribution in [0.3, 0.4) is 0 Å². The molecule has 52 heavy (non-hydrogen) atoms. The van der Waals surface area contributed by atoms with Gasteiger partial charge in [-0.15, -0.1) is 10.6 Å². The molecular formula is C34H39F9N6O3. The second-order valence-electron chi connectivity index (χ2n) is 13.3. The molecule has 2 atom stereocenters. The minimum Gasteiger partial charge on any atom is -0.466 e. The number of benzene rings is 2. The van der Waals surface area contributed by atoms with Gasteiger partial charge in [0.15, 0.2) is 0 Å². The lowest BCUT2D eigenvalue weighted by molar-refractivity contribution is -0.145. The molecule has 2 aromatic carbocycles. The van der Waals surface area contributed by atoms with Crippen molar-refractivity contribution >= 4 is 23.5 Å². The molecule has 286 valence electrons. The molecule has 2 aromatic rings. The number of amides is 1. The van der Waals surface area contributed by atoms with Gasteiger partial charge in [-0.1, -0.05) is 6.92 Å². The first-order chi connectivity index (χ1) is 24.3. The van der Waals surface area contributed by atoms with Crippen LogP contribution in [-0.2, 0) is 39.4 Å². The summed E-state index contributed by atoms with van der Waals surface area (Å²) in [5.74, 6) is -1.12. The van der Waals surface area contributed by atoms with Crippen molar-refractivity contribution in [1.29, 1.82) is 0 Å². The number of carbonyl (C=O) groups is 2. The lowest BCUT2D eigenvalue weighted by Gasteiger charge is -2.46. The Hall–Kier alpha value is -4.22. The van der Waals surface area contributed by atoms with Gasteiger partial charge < -0.3 is 14.5 Å². The Labute approximate surface area is 294 Å².